The molecule has 0 saturated carbocycles. The summed E-state index contributed by atoms with van der Waals surface area (Å²) < 4.78 is 5.74. The molecular weight excluding hydrogens is 378 g/mol. The lowest BCUT2D eigenvalue weighted by Crippen LogP contribution is -2.28. The van der Waals surface area contributed by atoms with E-state index in [0.29, 0.717) is 24.6 Å². The molecule has 1 aliphatic rings. The number of carbonyl (C=O) groups excluding carboxylic acids is 1. The van der Waals surface area contributed by atoms with Gasteiger partial charge < -0.3 is 15.4 Å². The van der Waals surface area contributed by atoms with Crippen molar-refractivity contribution in [3.8, 4) is 16.2 Å². The first kappa shape index (κ1) is 18.0. The highest BCUT2D eigenvalue weighted by molar-refractivity contribution is 7.17. The standard InChI is InChI=1S/C20H17N3O4S/c24-20(22-10-9-21-14-5-7-15(8-6-14)23(25)26)18-11-13-12-27-17-4-2-1-3-16(17)19(13)28-18/h1-8,11,21H,9-10,12H2,(H,22,24). The summed E-state index contributed by atoms with van der Waals surface area (Å²) >= 11 is 1.47. The second kappa shape index (κ2) is 7.69. The first-order chi connectivity index (χ1) is 13.6. The van der Waals surface area contributed by atoms with Crippen LogP contribution in [0, 0.1) is 10.1 Å². The number of fused-ring (bicyclic) bond motifs is 3. The highest BCUT2D eigenvalue weighted by Gasteiger charge is 2.22. The Hall–Kier alpha value is -3.39. The molecule has 0 fully saturated rings. The van der Waals surface area contributed by atoms with Gasteiger partial charge in [-0.2, -0.15) is 0 Å². The van der Waals surface area contributed by atoms with Crippen molar-refractivity contribution in [3.63, 3.8) is 0 Å². The molecule has 3 aromatic rings. The lowest BCUT2D eigenvalue weighted by Gasteiger charge is -2.16. The Morgan fingerprint density at radius 3 is 2.71 bits per heavy atom. The summed E-state index contributed by atoms with van der Waals surface area (Å²) in [5, 5.41) is 16.7. The molecule has 0 aliphatic carbocycles. The van der Waals surface area contributed by atoms with Gasteiger partial charge in [0, 0.05) is 46.9 Å². The molecule has 0 radical (unpaired) electrons. The zero-order valence-electron chi connectivity index (χ0n) is 14.8. The molecule has 2 N–H and O–H groups in total. The van der Waals surface area contributed by atoms with Gasteiger partial charge in [-0.05, 0) is 30.3 Å². The van der Waals surface area contributed by atoms with Gasteiger partial charge in [-0.1, -0.05) is 12.1 Å². The maximum atomic E-state index is 12.5. The number of hydrogen-bond donors (Lipinski definition) is 2. The number of anilines is 1. The summed E-state index contributed by atoms with van der Waals surface area (Å²) in [7, 11) is 0. The van der Waals surface area contributed by atoms with E-state index in [1.165, 1.54) is 23.5 Å². The van der Waals surface area contributed by atoms with E-state index in [-0.39, 0.29) is 11.6 Å². The van der Waals surface area contributed by atoms with Gasteiger partial charge >= 0.3 is 0 Å². The predicted molar refractivity (Wildman–Crippen MR) is 108 cm³/mol. The van der Waals surface area contributed by atoms with Gasteiger partial charge in [0.25, 0.3) is 11.6 Å². The molecule has 0 atom stereocenters. The molecule has 28 heavy (non-hydrogen) atoms. The van der Waals surface area contributed by atoms with Crippen LogP contribution in [0.25, 0.3) is 10.4 Å². The number of ether oxygens (including phenoxy) is 1. The summed E-state index contributed by atoms with van der Waals surface area (Å²) in [6, 6.07) is 15.9. The SMILES string of the molecule is O=C(NCCNc1ccc([N+](=O)[O-])cc1)c1cc2c(s1)-c1ccccc1OC2. The number of para-hydroxylation sites is 1. The Morgan fingerprint density at radius 2 is 1.93 bits per heavy atom. The number of non-ortho nitro benzene ring substituents is 1. The Kier molecular flexibility index (Phi) is 4.94. The average molecular weight is 395 g/mol. The lowest BCUT2D eigenvalue weighted by molar-refractivity contribution is -0.384. The molecular formula is C20H17N3O4S. The van der Waals surface area contributed by atoms with Gasteiger partial charge in [-0.3, -0.25) is 14.9 Å². The van der Waals surface area contributed by atoms with Gasteiger partial charge in [-0.15, -0.1) is 11.3 Å². The van der Waals surface area contributed by atoms with Crippen LogP contribution in [0.5, 0.6) is 5.75 Å². The molecule has 0 unspecified atom stereocenters. The zero-order chi connectivity index (χ0) is 19.5. The maximum Gasteiger partial charge on any atom is 0.269 e. The molecule has 0 saturated heterocycles. The monoisotopic (exact) mass is 395 g/mol. The summed E-state index contributed by atoms with van der Waals surface area (Å²) in [6.07, 6.45) is 0. The number of nitro groups is 1. The average Bonchev–Trinajstić information content (AvgIpc) is 3.16. The minimum Gasteiger partial charge on any atom is -0.488 e. The number of rotatable bonds is 6. The minimum atomic E-state index is -0.436. The normalized spacial score (nSPS) is 11.7. The first-order valence-electron chi connectivity index (χ1n) is 8.73. The van der Waals surface area contributed by atoms with Crippen LogP contribution in [0.15, 0.2) is 54.6 Å². The molecule has 1 aromatic heterocycles. The quantitative estimate of drug-likeness (QED) is 0.373. The van der Waals surface area contributed by atoms with E-state index in [4.69, 9.17) is 4.74 Å². The Morgan fingerprint density at radius 1 is 1.14 bits per heavy atom. The van der Waals surface area contributed by atoms with Gasteiger partial charge in [0.05, 0.1) is 9.80 Å². The van der Waals surface area contributed by atoms with Crippen molar-refractivity contribution in [2.75, 3.05) is 18.4 Å². The van der Waals surface area contributed by atoms with E-state index >= 15 is 0 Å². The molecule has 2 heterocycles. The van der Waals surface area contributed by atoms with Gasteiger partial charge in [0.2, 0.25) is 0 Å². The molecule has 0 bridgehead atoms. The highest BCUT2D eigenvalue weighted by atomic mass is 32.1. The number of amides is 1. The maximum absolute atomic E-state index is 12.5. The van der Waals surface area contributed by atoms with E-state index in [1.807, 2.05) is 30.3 Å². The Balaban J connectivity index is 1.33. The second-order valence-electron chi connectivity index (χ2n) is 6.24. The number of nitrogens with one attached hydrogen (secondary N) is 2. The molecule has 4 rings (SSSR count). The largest absolute Gasteiger partial charge is 0.488 e. The van der Waals surface area contributed by atoms with Gasteiger partial charge in [0.15, 0.2) is 0 Å². The second-order valence-corrected chi connectivity index (χ2v) is 7.29. The van der Waals surface area contributed by atoms with Crippen LogP contribution in [0.2, 0.25) is 0 Å². The molecule has 1 aliphatic heterocycles. The molecule has 1 amide bonds. The van der Waals surface area contributed by atoms with Gasteiger partial charge in [0.1, 0.15) is 12.4 Å². The number of nitro benzene ring substituents is 1. The van der Waals surface area contributed by atoms with E-state index in [9.17, 15) is 14.9 Å². The number of thiophene rings is 1. The Bertz CT molecular complexity index is 1030. The lowest BCUT2D eigenvalue weighted by atomic mass is 10.1. The molecule has 8 heteroatoms. The predicted octanol–water partition coefficient (Wildman–Crippen LogP) is 4.06. The van der Waals surface area contributed by atoms with Crippen LogP contribution >= 0.6 is 11.3 Å². The molecule has 142 valence electrons. The van der Waals surface area contributed by atoms with E-state index < -0.39 is 4.92 Å². The van der Waals surface area contributed by atoms with Crippen molar-refractivity contribution in [3.05, 3.63) is 75.2 Å². The summed E-state index contributed by atoms with van der Waals surface area (Å²) in [4.78, 5) is 24.4. The molecule has 2 aromatic carbocycles. The highest BCUT2D eigenvalue weighted by Crippen LogP contribution is 2.42. The zero-order valence-corrected chi connectivity index (χ0v) is 15.6. The third-order valence-electron chi connectivity index (χ3n) is 4.37. The van der Waals surface area contributed by atoms with Crippen LogP contribution in [0.1, 0.15) is 15.2 Å². The number of nitrogens with zero attached hydrogens (tertiary/aromatic N) is 1. The number of benzene rings is 2. The van der Waals surface area contributed by atoms with E-state index in [2.05, 4.69) is 10.6 Å². The van der Waals surface area contributed by atoms with Crippen molar-refractivity contribution >= 4 is 28.6 Å². The topological polar surface area (TPSA) is 93.5 Å². The molecule has 0 spiro atoms. The summed E-state index contributed by atoms with van der Waals surface area (Å²) in [5.74, 6) is 0.721. The molecule has 7 nitrogen and oxygen atoms in total. The summed E-state index contributed by atoms with van der Waals surface area (Å²) in [6.45, 7) is 1.42. The Labute approximate surface area is 165 Å². The van der Waals surface area contributed by atoms with Crippen molar-refractivity contribution in [2.24, 2.45) is 0 Å². The fraction of sp³-hybridized carbons (Fsp3) is 0.150. The van der Waals surface area contributed by atoms with Crippen molar-refractivity contribution < 1.29 is 14.5 Å². The fourth-order valence-corrected chi connectivity index (χ4v) is 4.10. The number of carbonyl (C=O) groups is 1. The van der Waals surface area contributed by atoms with Crippen molar-refractivity contribution in [2.45, 2.75) is 6.61 Å². The van der Waals surface area contributed by atoms with E-state index in [0.717, 1.165) is 27.4 Å². The van der Waals surface area contributed by atoms with Crippen LogP contribution in [-0.2, 0) is 6.61 Å². The van der Waals surface area contributed by atoms with E-state index in [1.54, 1.807) is 12.1 Å². The third-order valence-corrected chi connectivity index (χ3v) is 5.57. The van der Waals surface area contributed by atoms with Crippen molar-refractivity contribution in [1.82, 2.24) is 5.32 Å². The van der Waals surface area contributed by atoms with Crippen LogP contribution in [0.4, 0.5) is 11.4 Å². The van der Waals surface area contributed by atoms with Crippen LogP contribution < -0.4 is 15.4 Å². The van der Waals surface area contributed by atoms with Crippen LogP contribution in [-0.4, -0.2) is 23.9 Å². The van der Waals surface area contributed by atoms with Gasteiger partial charge in [-0.25, -0.2) is 0 Å². The summed E-state index contributed by atoms with van der Waals surface area (Å²) in [5.41, 5.74) is 2.86. The first-order valence-corrected chi connectivity index (χ1v) is 9.55. The third kappa shape index (κ3) is 3.67. The van der Waals surface area contributed by atoms with Crippen LogP contribution in [0.3, 0.4) is 0 Å². The minimum absolute atomic E-state index is 0.0473. The number of hydrogen-bond acceptors (Lipinski definition) is 6. The fourth-order valence-electron chi connectivity index (χ4n) is 2.98. The van der Waals surface area contributed by atoms with Crippen molar-refractivity contribution in [1.29, 1.82) is 0 Å². The smallest absolute Gasteiger partial charge is 0.269 e.